The number of hydrogen-bond acceptors (Lipinski definition) is 2. The van der Waals surface area contributed by atoms with Gasteiger partial charge in [0.1, 0.15) is 0 Å². The van der Waals surface area contributed by atoms with E-state index in [-0.39, 0.29) is 6.03 Å². The molecule has 0 unspecified atom stereocenters. The standard InChI is InChI=1S/C15H23N3O/c1-11-7-9-14(10-8-11)16-15(19)17-18-12(2)5-4-6-13(18)3/h7-10,12-13H,4-6H2,1-3H3,(H2,16,17,19)/t12-,13+. The van der Waals surface area contributed by atoms with Crippen LogP contribution in [-0.4, -0.2) is 23.1 Å². The number of rotatable bonds is 2. The molecule has 2 rings (SSSR count). The van der Waals surface area contributed by atoms with Gasteiger partial charge in [-0.25, -0.2) is 9.80 Å². The monoisotopic (exact) mass is 261 g/mol. The minimum absolute atomic E-state index is 0.163. The highest BCUT2D eigenvalue weighted by Crippen LogP contribution is 2.20. The summed E-state index contributed by atoms with van der Waals surface area (Å²) < 4.78 is 0. The molecule has 4 heteroatoms. The van der Waals surface area contributed by atoms with Crippen molar-refractivity contribution in [3.63, 3.8) is 0 Å². The lowest BCUT2D eigenvalue weighted by molar-refractivity contribution is 0.0625. The van der Waals surface area contributed by atoms with E-state index >= 15 is 0 Å². The predicted octanol–water partition coefficient (Wildman–Crippen LogP) is 3.29. The molecular weight excluding hydrogens is 238 g/mol. The number of piperidine rings is 1. The Bertz CT molecular complexity index is 420. The second-order valence-corrected chi connectivity index (χ2v) is 5.47. The molecule has 0 radical (unpaired) electrons. The zero-order chi connectivity index (χ0) is 13.8. The van der Waals surface area contributed by atoms with Crippen molar-refractivity contribution in [3.8, 4) is 0 Å². The molecule has 4 nitrogen and oxygen atoms in total. The van der Waals surface area contributed by atoms with Crippen LogP contribution in [0, 0.1) is 6.92 Å². The van der Waals surface area contributed by atoms with Crippen LogP contribution < -0.4 is 10.7 Å². The number of amides is 2. The van der Waals surface area contributed by atoms with E-state index in [0.29, 0.717) is 12.1 Å². The number of aryl methyl sites for hydroxylation is 1. The van der Waals surface area contributed by atoms with Crippen molar-refractivity contribution in [1.82, 2.24) is 10.4 Å². The fourth-order valence-electron chi connectivity index (χ4n) is 2.55. The SMILES string of the molecule is Cc1ccc(NC(=O)NN2[C@H](C)CCC[C@@H]2C)cc1. The van der Waals surface area contributed by atoms with Crippen molar-refractivity contribution < 1.29 is 4.79 Å². The average molecular weight is 261 g/mol. The fraction of sp³-hybridized carbons (Fsp3) is 0.533. The van der Waals surface area contributed by atoms with Crippen molar-refractivity contribution in [3.05, 3.63) is 29.8 Å². The van der Waals surface area contributed by atoms with Crippen LogP contribution in [0.5, 0.6) is 0 Å². The normalized spacial score (nSPS) is 23.9. The smallest absolute Gasteiger partial charge is 0.307 e. The van der Waals surface area contributed by atoms with Gasteiger partial charge in [0.25, 0.3) is 0 Å². The van der Waals surface area contributed by atoms with Crippen molar-refractivity contribution in [2.24, 2.45) is 0 Å². The molecule has 19 heavy (non-hydrogen) atoms. The van der Waals surface area contributed by atoms with Gasteiger partial charge in [-0.1, -0.05) is 24.1 Å². The summed E-state index contributed by atoms with van der Waals surface area (Å²) in [5.41, 5.74) is 4.97. The Morgan fingerprint density at radius 2 is 1.74 bits per heavy atom. The third-order valence-corrected chi connectivity index (χ3v) is 3.73. The summed E-state index contributed by atoms with van der Waals surface area (Å²) in [6.45, 7) is 6.34. The number of anilines is 1. The molecule has 0 bridgehead atoms. The largest absolute Gasteiger partial charge is 0.333 e. The molecule has 0 saturated carbocycles. The van der Waals surface area contributed by atoms with Crippen LogP contribution in [0.3, 0.4) is 0 Å². The third-order valence-electron chi connectivity index (χ3n) is 3.73. The summed E-state index contributed by atoms with van der Waals surface area (Å²) >= 11 is 0. The molecular formula is C15H23N3O. The Labute approximate surface area is 115 Å². The number of hydrazine groups is 1. The second-order valence-electron chi connectivity index (χ2n) is 5.47. The Kier molecular flexibility index (Phi) is 4.43. The van der Waals surface area contributed by atoms with Crippen LogP contribution in [-0.2, 0) is 0 Å². The fourth-order valence-corrected chi connectivity index (χ4v) is 2.55. The Morgan fingerprint density at radius 3 is 2.32 bits per heavy atom. The first kappa shape index (κ1) is 13.9. The maximum Gasteiger partial charge on any atom is 0.333 e. The zero-order valence-electron chi connectivity index (χ0n) is 11.9. The quantitative estimate of drug-likeness (QED) is 0.858. The number of nitrogens with one attached hydrogen (secondary N) is 2. The molecule has 1 heterocycles. The summed E-state index contributed by atoms with van der Waals surface area (Å²) in [5, 5.41) is 4.93. The summed E-state index contributed by atoms with van der Waals surface area (Å²) in [4.78, 5) is 12.0. The first-order chi connectivity index (χ1) is 9.06. The molecule has 2 atom stereocenters. The molecule has 2 N–H and O–H groups in total. The Balaban J connectivity index is 1.91. The van der Waals surface area contributed by atoms with Gasteiger partial charge in [0.2, 0.25) is 0 Å². The minimum atomic E-state index is -0.163. The Hall–Kier alpha value is -1.55. The van der Waals surface area contributed by atoms with Gasteiger partial charge in [0.05, 0.1) is 0 Å². The number of hydrogen-bond donors (Lipinski definition) is 2. The van der Waals surface area contributed by atoms with Crippen molar-refractivity contribution in [2.75, 3.05) is 5.32 Å². The highest BCUT2D eigenvalue weighted by Gasteiger charge is 2.25. The van der Waals surface area contributed by atoms with Gasteiger partial charge in [-0.15, -0.1) is 0 Å². The van der Waals surface area contributed by atoms with E-state index in [9.17, 15) is 4.79 Å². The van der Waals surface area contributed by atoms with E-state index < -0.39 is 0 Å². The summed E-state index contributed by atoms with van der Waals surface area (Å²) in [6.07, 6.45) is 3.50. The lowest BCUT2D eigenvalue weighted by Gasteiger charge is -2.38. The molecule has 1 aliphatic rings. The van der Waals surface area contributed by atoms with Gasteiger partial charge in [-0.2, -0.15) is 0 Å². The van der Waals surface area contributed by atoms with Gasteiger partial charge >= 0.3 is 6.03 Å². The van der Waals surface area contributed by atoms with E-state index in [0.717, 1.165) is 18.5 Å². The molecule has 1 fully saturated rings. The summed E-state index contributed by atoms with van der Waals surface area (Å²) in [7, 11) is 0. The molecule has 0 spiro atoms. The van der Waals surface area contributed by atoms with E-state index in [1.54, 1.807) is 0 Å². The van der Waals surface area contributed by atoms with Crippen LogP contribution in [0.2, 0.25) is 0 Å². The Morgan fingerprint density at radius 1 is 1.16 bits per heavy atom. The maximum absolute atomic E-state index is 12.0. The van der Waals surface area contributed by atoms with E-state index in [1.165, 1.54) is 12.0 Å². The van der Waals surface area contributed by atoms with Crippen LogP contribution in [0.4, 0.5) is 10.5 Å². The van der Waals surface area contributed by atoms with Crippen LogP contribution in [0.1, 0.15) is 38.7 Å². The average Bonchev–Trinajstić information content (AvgIpc) is 2.37. The molecule has 1 aliphatic heterocycles. The number of nitrogens with zero attached hydrogens (tertiary/aromatic N) is 1. The first-order valence-electron chi connectivity index (χ1n) is 6.99. The lowest BCUT2D eigenvalue weighted by Crippen LogP contribution is -2.55. The molecule has 0 aliphatic carbocycles. The topological polar surface area (TPSA) is 44.4 Å². The minimum Gasteiger partial charge on any atom is -0.307 e. The van der Waals surface area contributed by atoms with Gasteiger partial charge < -0.3 is 5.32 Å². The van der Waals surface area contributed by atoms with Gasteiger partial charge in [-0.05, 0) is 45.7 Å². The van der Waals surface area contributed by atoms with Crippen LogP contribution in [0.25, 0.3) is 0 Å². The van der Waals surface area contributed by atoms with Crippen molar-refractivity contribution in [2.45, 2.75) is 52.1 Å². The van der Waals surface area contributed by atoms with Crippen molar-refractivity contribution >= 4 is 11.7 Å². The molecule has 1 aromatic rings. The molecule has 0 aromatic heterocycles. The first-order valence-corrected chi connectivity index (χ1v) is 6.99. The highest BCUT2D eigenvalue weighted by molar-refractivity contribution is 5.88. The second kappa shape index (κ2) is 6.06. The highest BCUT2D eigenvalue weighted by atomic mass is 16.2. The van der Waals surface area contributed by atoms with E-state index in [4.69, 9.17) is 0 Å². The summed E-state index contributed by atoms with van der Waals surface area (Å²) in [5.74, 6) is 0. The van der Waals surface area contributed by atoms with Crippen LogP contribution >= 0.6 is 0 Å². The summed E-state index contributed by atoms with van der Waals surface area (Å²) in [6, 6.07) is 8.43. The maximum atomic E-state index is 12.0. The molecule has 2 amide bonds. The number of urea groups is 1. The van der Waals surface area contributed by atoms with Gasteiger partial charge in [0.15, 0.2) is 0 Å². The van der Waals surface area contributed by atoms with Gasteiger partial charge in [0, 0.05) is 17.8 Å². The van der Waals surface area contributed by atoms with Crippen LogP contribution in [0.15, 0.2) is 24.3 Å². The predicted molar refractivity (Wildman–Crippen MR) is 77.9 cm³/mol. The molecule has 104 valence electrons. The third kappa shape index (κ3) is 3.70. The van der Waals surface area contributed by atoms with Crippen molar-refractivity contribution in [1.29, 1.82) is 0 Å². The van der Waals surface area contributed by atoms with Gasteiger partial charge in [-0.3, -0.25) is 5.43 Å². The van der Waals surface area contributed by atoms with E-state index in [2.05, 4.69) is 29.6 Å². The lowest BCUT2D eigenvalue weighted by atomic mass is 10.00. The number of carbonyl (C=O) groups is 1. The number of carbonyl (C=O) groups excluding carboxylic acids is 1. The molecule has 1 aromatic carbocycles. The zero-order valence-corrected chi connectivity index (χ0v) is 11.9. The molecule has 1 saturated heterocycles. The van der Waals surface area contributed by atoms with E-state index in [1.807, 2.05) is 31.2 Å². The number of benzene rings is 1.